The second kappa shape index (κ2) is 15.2. The summed E-state index contributed by atoms with van der Waals surface area (Å²) in [6.07, 6.45) is 21.0. The highest BCUT2D eigenvalue weighted by Crippen LogP contribution is 2.48. The Hall–Kier alpha value is -2.02. The number of aryl methyl sites for hydroxylation is 1. The van der Waals surface area contributed by atoms with E-state index in [-0.39, 0.29) is 5.92 Å². The molecule has 1 aliphatic rings. The number of unbranched alkanes of at least 4 members (excludes halogenated alkanes) is 13. The highest BCUT2D eigenvalue weighted by molar-refractivity contribution is 5.57. The largest absolute Gasteiger partial charge is 0.461 e. The SMILES string of the molecule is C=C1Oc2c(C(C)CCCCCCCCCCCCCCCC)cc(C)cc2C1c1ccccc1. The minimum atomic E-state index is 0.151. The van der Waals surface area contributed by atoms with E-state index < -0.39 is 0 Å². The summed E-state index contributed by atoms with van der Waals surface area (Å²) < 4.78 is 6.31. The van der Waals surface area contributed by atoms with Crippen LogP contribution in [-0.2, 0) is 0 Å². The van der Waals surface area contributed by atoms with Gasteiger partial charge in [-0.25, -0.2) is 0 Å². The van der Waals surface area contributed by atoms with E-state index in [2.05, 4.69) is 69.8 Å². The summed E-state index contributed by atoms with van der Waals surface area (Å²) in [5.41, 5.74) is 5.26. The molecule has 0 bridgehead atoms. The minimum absolute atomic E-state index is 0.151. The summed E-state index contributed by atoms with van der Waals surface area (Å²) in [4.78, 5) is 0. The first-order chi connectivity index (χ1) is 17.1. The molecule has 2 aromatic carbocycles. The first-order valence-corrected chi connectivity index (χ1v) is 14.7. The van der Waals surface area contributed by atoms with Gasteiger partial charge in [-0.05, 0) is 30.4 Å². The number of benzene rings is 2. The number of hydrogen-bond donors (Lipinski definition) is 0. The van der Waals surface area contributed by atoms with Crippen LogP contribution in [0, 0.1) is 6.92 Å². The zero-order valence-corrected chi connectivity index (χ0v) is 22.9. The van der Waals surface area contributed by atoms with Gasteiger partial charge in [0.1, 0.15) is 11.5 Å². The van der Waals surface area contributed by atoms with Crippen molar-refractivity contribution in [1.29, 1.82) is 0 Å². The summed E-state index contributed by atoms with van der Waals surface area (Å²) >= 11 is 0. The first-order valence-electron chi connectivity index (χ1n) is 14.7. The van der Waals surface area contributed by atoms with E-state index in [9.17, 15) is 0 Å². The molecular weight excluding hydrogens is 424 g/mol. The van der Waals surface area contributed by atoms with Crippen molar-refractivity contribution >= 4 is 0 Å². The Labute approximate surface area is 216 Å². The number of fused-ring (bicyclic) bond motifs is 1. The van der Waals surface area contributed by atoms with Crippen LogP contribution in [0.5, 0.6) is 5.75 Å². The fourth-order valence-electron chi connectivity index (χ4n) is 5.70. The molecule has 1 aliphatic heterocycles. The van der Waals surface area contributed by atoms with Crippen LogP contribution in [0.15, 0.2) is 54.8 Å². The van der Waals surface area contributed by atoms with Gasteiger partial charge in [-0.15, -0.1) is 0 Å². The van der Waals surface area contributed by atoms with E-state index in [0.717, 1.165) is 11.5 Å². The quantitative estimate of drug-likeness (QED) is 0.207. The van der Waals surface area contributed by atoms with Crippen molar-refractivity contribution in [3.8, 4) is 5.75 Å². The van der Waals surface area contributed by atoms with Crippen LogP contribution in [0.25, 0.3) is 0 Å². The van der Waals surface area contributed by atoms with Gasteiger partial charge in [0, 0.05) is 5.56 Å². The molecule has 2 aromatic rings. The fourth-order valence-corrected chi connectivity index (χ4v) is 5.70. The van der Waals surface area contributed by atoms with Crippen LogP contribution < -0.4 is 4.74 Å². The molecule has 192 valence electrons. The van der Waals surface area contributed by atoms with Crippen molar-refractivity contribution < 1.29 is 4.74 Å². The lowest BCUT2D eigenvalue weighted by atomic mass is 9.86. The highest BCUT2D eigenvalue weighted by Gasteiger charge is 2.32. The van der Waals surface area contributed by atoms with Crippen LogP contribution in [0.1, 0.15) is 144 Å². The third kappa shape index (κ3) is 8.55. The molecule has 0 saturated heterocycles. The number of hydrogen-bond acceptors (Lipinski definition) is 1. The predicted molar refractivity (Wildman–Crippen MR) is 153 cm³/mol. The average molecular weight is 475 g/mol. The maximum atomic E-state index is 6.31. The molecule has 0 fully saturated rings. The Balaban J connectivity index is 1.36. The van der Waals surface area contributed by atoms with Gasteiger partial charge >= 0.3 is 0 Å². The molecule has 0 aromatic heterocycles. The van der Waals surface area contributed by atoms with Crippen LogP contribution in [0.4, 0.5) is 0 Å². The Morgan fingerprint density at radius 3 is 1.89 bits per heavy atom. The van der Waals surface area contributed by atoms with E-state index >= 15 is 0 Å². The maximum Gasteiger partial charge on any atom is 0.134 e. The zero-order chi connectivity index (χ0) is 24.9. The summed E-state index contributed by atoms with van der Waals surface area (Å²) in [6.45, 7) is 11.2. The van der Waals surface area contributed by atoms with Crippen LogP contribution in [0.3, 0.4) is 0 Å². The zero-order valence-electron chi connectivity index (χ0n) is 22.9. The molecule has 0 spiro atoms. The summed E-state index contributed by atoms with van der Waals surface area (Å²) in [5.74, 6) is 2.61. The van der Waals surface area contributed by atoms with Crippen LogP contribution >= 0.6 is 0 Å². The number of rotatable bonds is 17. The number of allylic oxidation sites excluding steroid dienone is 1. The molecule has 0 saturated carbocycles. The Morgan fingerprint density at radius 2 is 1.31 bits per heavy atom. The molecule has 2 unspecified atom stereocenters. The van der Waals surface area contributed by atoms with Gasteiger partial charge in [-0.1, -0.05) is 158 Å². The van der Waals surface area contributed by atoms with Crippen LogP contribution in [-0.4, -0.2) is 0 Å². The molecule has 0 radical (unpaired) electrons. The van der Waals surface area contributed by atoms with Gasteiger partial charge in [0.25, 0.3) is 0 Å². The second-order valence-corrected chi connectivity index (χ2v) is 11.0. The third-order valence-electron chi connectivity index (χ3n) is 7.81. The van der Waals surface area contributed by atoms with E-state index in [0.29, 0.717) is 5.92 Å². The number of ether oxygens (including phenoxy) is 1. The molecule has 35 heavy (non-hydrogen) atoms. The molecule has 0 N–H and O–H groups in total. The fraction of sp³-hybridized carbons (Fsp3) is 0.588. The Kier molecular flexibility index (Phi) is 11.9. The normalized spacial score (nSPS) is 15.7. The van der Waals surface area contributed by atoms with Gasteiger partial charge < -0.3 is 4.74 Å². The summed E-state index contributed by atoms with van der Waals surface area (Å²) in [5, 5.41) is 0. The maximum absolute atomic E-state index is 6.31. The summed E-state index contributed by atoms with van der Waals surface area (Å²) in [6, 6.07) is 15.3. The second-order valence-electron chi connectivity index (χ2n) is 11.0. The molecule has 0 aliphatic carbocycles. The van der Waals surface area contributed by atoms with E-state index in [1.165, 1.54) is 119 Å². The molecule has 1 nitrogen and oxygen atoms in total. The van der Waals surface area contributed by atoms with Gasteiger partial charge in [0.15, 0.2) is 0 Å². The van der Waals surface area contributed by atoms with E-state index in [1.807, 2.05) is 0 Å². The van der Waals surface area contributed by atoms with Crippen molar-refractivity contribution in [2.75, 3.05) is 0 Å². The summed E-state index contributed by atoms with van der Waals surface area (Å²) in [7, 11) is 0. The smallest absolute Gasteiger partial charge is 0.134 e. The van der Waals surface area contributed by atoms with Crippen molar-refractivity contribution in [2.45, 2.75) is 129 Å². The molecule has 1 heteroatoms. The molecular formula is C34H50O. The molecule has 0 amide bonds. The lowest BCUT2D eigenvalue weighted by Gasteiger charge is -2.17. The van der Waals surface area contributed by atoms with Gasteiger partial charge in [0.05, 0.1) is 5.92 Å². The predicted octanol–water partition coefficient (Wildman–Crippen LogP) is 11.0. The molecule has 3 rings (SSSR count). The molecule has 2 atom stereocenters. The third-order valence-corrected chi connectivity index (χ3v) is 7.81. The van der Waals surface area contributed by atoms with Gasteiger partial charge in [0.2, 0.25) is 0 Å². The first kappa shape index (κ1) is 27.6. The topological polar surface area (TPSA) is 9.23 Å². The van der Waals surface area contributed by atoms with Crippen molar-refractivity contribution in [1.82, 2.24) is 0 Å². The highest BCUT2D eigenvalue weighted by atomic mass is 16.5. The van der Waals surface area contributed by atoms with E-state index in [1.54, 1.807) is 0 Å². The Morgan fingerprint density at radius 1 is 0.771 bits per heavy atom. The van der Waals surface area contributed by atoms with E-state index in [4.69, 9.17) is 4.74 Å². The lowest BCUT2D eigenvalue weighted by Crippen LogP contribution is -1.99. The van der Waals surface area contributed by atoms with Crippen LogP contribution in [0.2, 0.25) is 0 Å². The lowest BCUT2D eigenvalue weighted by molar-refractivity contribution is 0.429. The Bertz CT molecular complexity index is 881. The van der Waals surface area contributed by atoms with Gasteiger partial charge in [-0.2, -0.15) is 0 Å². The standard InChI is InChI=1S/C34H50O/c1-5-6-7-8-9-10-11-12-13-14-15-16-17-19-22-28(3)31-25-27(2)26-32-33(29(4)35-34(31)32)30-23-20-18-21-24-30/h18,20-21,23-26,28,33H,4-17,19,22H2,1-3H3. The molecule has 1 heterocycles. The average Bonchev–Trinajstić information content (AvgIpc) is 3.19. The monoisotopic (exact) mass is 474 g/mol. The van der Waals surface area contributed by atoms with Crippen molar-refractivity contribution in [3.63, 3.8) is 0 Å². The van der Waals surface area contributed by atoms with Crippen molar-refractivity contribution in [3.05, 3.63) is 77.1 Å². The van der Waals surface area contributed by atoms with Crippen molar-refractivity contribution in [2.24, 2.45) is 0 Å². The van der Waals surface area contributed by atoms with Gasteiger partial charge in [-0.3, -0.25) is 0 Å². The minimum Gasteiger partial charge on any atom is -0.461 e.